The first-order valence-corrected chi connectivity index (χ1v) is 11.4. The molecule has 9 heteroatoms. The molecule has 1 heterocycles. The number of piperidine rings is 1. The van der Waals surface area contributed by atoms with Gasteiger partial charge < -0.3 is 10.2 Å². The van der Waals surface area contributed by atoms with E-state index in [0.29, 0.717) is 18.4 Å². The maximum Gasteiger partial charge on any atom is 0.304 e. The zero-order chi connectivity index (χ0) is 21.6. The molecule has 1 N–H and O–H groups in total. The maximum atomic E-state index is 14.2. The van der Waals surface area contributed by atoms with Crippen LogP contribution in [-0.4, -0.2) is 70.3 Å². The van der Waals surface area contributed by atoms with Crippen molar-refractivity contribution in [2.24, 2.45) is 11.8 Å². The van der Waals surface area contributed by atoms with Crippen molar-refractivity contribution in [3.8, 4) is 0 Å². The molecule has 0 aliphatic carbocycles. The molecular weight excluding hydrogens is 395 g/mol. The number of carbonyl (C=O) groups excluding carboxylic acids is 1. The average molecular weight is 429 g/mol. The molecule has 1 fully saturated rings. The van der Waals surface area contributed by atoms with Gasteiger partial charge in [-0.1, -0.05) is 26.0 Å². The molecule has 0 spiro atoms. The molecule has 2 rings (SSSR count). The van der Waals surface area contributed by atoms with Gasteiger partial charge in [-0.05, 0) is 43.4 Å². The van der Waals surface area contributed by atoms with Gasteiger partial charge in [0.05, 0.1) is 5.69 Å². The highest BCUT2D eigenvalue weighted by molar-refractivity contribution is 7.90. The first-order chi connectivity index (χ1) is 13.6. The van der Waals surface area contributed by atoms with Gasteiger partial charge in [-0.15, -0.1) is 0 Å². The number of carbonyl (C=O) groups is 1. The summed E-state index contributed by atoms with van der Waals surface area (Å²) in [5, 5.41) is 2.76. The SMILES string of the molecule is C[C@@H]1C[C@H](C)CN(CCCNC(=O)CN(c2ccccc2F)S(=O)(=O)N(C)C)C1. The largest absolute Gasteiger partial charge is 0.354 e. The van der Waals surface area contributed by atoms with Crippen molar-refractivity contribution in [1.82, 2.24) is 14.5 Å². The highest BCUT2D eigenvalue weighted by atomic mass is 32.2. The molecule has 1 amide bonds. The molecule has 29 heavy (non-hydrogen) atoms. The van der Waals surface area contributed by atoms with E-state index in [1.54, 1.807) is 0 Å². The second-order valence-electron chi connectivity index (χ2n) is 8.16. The zero-order valence-electron chi connectivity index (χ0n) is 17.8. The first kappa shape index (κ1) is 23.6. The number of para-hydroxylation sites is 1. The third-order valence-corrected chi connectivity index (χ3v) is 6.87. The predicted molar refractivity (Wildman–Crippen MR) is 113 cm³/mol. The summed E-state index contributed by atoms with van der Waals surface area (Å²) in [6, 6.07) is 5.53. The smallest absolute Gasteiger partial charge is 0.304 e. The number of nitrogens with one attached hydrogen (secondary N) is 1. The molecule has 0 unspecified atom stereocenters. The summed E-state index contributed by atoms with van der Waals surface area (Å²) in [5.41, 5.74) is -0.146. The minimum Gasteiger partial charge on any atom is -0.354 e. The second-order valence-corrected chi connectivity index (χ2v) is 10.2. The molecule has 1 saturated heterocycles. The molecule has 164 valence electrons. The number of amides is 1. The van der Waals surface area contributed by atoms with Crippen molar-refractivity contribution in [2.75, 3.05) is 51.1 Å². The molecule has 0 saturated carbocycles. The van der Waals surface area contributed by atoms with Crippen LogP contribution >= 0.6 is 0 Å². The van der Waals surface area contributed by atoms with E-state index in [1.165, 1.54) is 44.8 Å². The molecule has 1 aliphatic rings. The van der Waals surface area contributed by atoms with Crippen LogP contribution in [0.2, 0.25) is 0 Å². The van der Waals surface area contributed by atoms with Gasteiger partial charge in [0.15, 0.2) is 0 Å². The lowest BCUT2D eigenvalue weighted by Gasteiger charge is -2.35. The van der Waals surface area contributed by atoms with Crippen LogP contribution < -0.4 is 9.62 Å². The molecule has 0 bridgehead atoms. The summed E-state index contributed by atoms with van der Waals surface area (Å²) in [6.45, 7) is 7.52. The number of hydrogen-bond acceptors (Lipinski definition) is 4. The van der Waals surface area contributed by atoms with Gasteiger partial charge in [0.1, 0.15) is 12.4 Å². The fourth-order valence-corrected chi connectivity index (χ4v) is 4.90. The summed E-state index contributed by atoms with van der Waals surface area (Å²) in [4.78, 5) is 14.8. The van der Waals surface area contributed by atoms with E-state index < -0.39 is 28.5 Å². The molecule has 1 aromatic carbocycles. The van der Waals surface area contributed by atoms with E-state index in [0.717, 1.165) is 34.7 Å². The molecule has 7 nitrogen and oxygen atoms in total. The average Bonchev–Trinajstić information content (AvgIpc) is 2.63. The molecule has 1 aromatic rings. The Balaban J connectivity index is 1.92. The summed E-state index contributed by atoms with van der Waals surface area (Å²) in [5.74, 6) is 0.205. The Morgan fingerprint density at radius 3 is 2.41 bits per heavy atom. The van der Waals surface area contributed by atoms with Crippen LogP contribution in [0.25, 0.3) is 0 Å². The molecule has 1 aliphatic heterocycles. The van der Waals surface area contributed by atoms with Crippen LogP contribution in [0.1, 0.15) is 26.7 Å². The zero-order valence-corrected chi connectivity index (χ0v) is 18.6. The Hall–Kier alpha value is -1.71. The Labute approximate surface area is 174 Å². The summed E-state index contributed by atoms with van der Waals surface area (Å²) < 4.78 is 41.2. The van der Waals surface area contributed by atoms with Crippen LogP contribution in [0, 0.1) is 17.7 Å². The van der Waals surface area contributed by atoms with Crippen LogP contribution in [-0.2, 0) is 15.0 Å². The van der Waals surface area contributed by atoms with Crippen molar-refractivity contribution in [3.63, 3.8) is 0 Å². The van der Waals surface area contributed by atoms with E-state index >= 15 is 0 Å². The summed E-state index contributed by atoms with van der Waals surface area (Å²) >= 11 is 0. The minimum absolute atomic E-state index is 0.146. The van der Waals surface area contributed by atoms with E-state index in [1.807, 2.05) is 0 Å². The van der Waals surface area contributed by atoms with E-state index in [-0.39, 0.29) is 5.69 Å². The van der Waals surface area contributed by atoms with Crippen molar-refractivity contribution in [2.45, 2.75) is 26.7 Å². The summed E-state index contributed by atoms with van der Waals surface area (Å²) in [7, 11) is -1.31. The number of likely N-dealkylation sites (tertiary alicyclic amines) is 1. The molecule has 0 aromatic heterocycles. The number of rotatable bonds is 9. The van der Waals surface area contributed by atoms with Gasteiger partial charge >= 0.3 is 10.2 Å². The number of hydrogen-bond donors (Lipinski definition) is 1. The number of benzene rings is 1. The van der Waals surface area contributed by atoms with Gasteiger partial charge in [-0.25, -0.2) is 8.70 Å². The van der Waals surface area contributed by atoms with Crippen LogP contribution in [0.15, 0.2) is 24.3 Å². The fourth-order valence-electron chi connectivity index (χ4n) is 3.83. The molecule has 0 radical (unpaired) electrons. The van der Waals surface area contributed by atoms with Crippen molar-refractivity contribution < 1.29 is 17.6 Å². The van der Waals surface area contributed by atoms with Crippen molar-refractivity contribution >= 4 is 21.8 Å². The molecule has 2 atom stereocenters. The first-order valence-electron chi connectivity index (χ1n) is 10.0. The second kappa shape index (κ2) is 10.4. The fraction of sp³-hybridized carbons (Fsp3) is 0.650. The van der Waals surface area contributed by atoms with E-state index in [4.69, 9.17) is 0 Å². The van der Waals surface area contributed by atoms with Crippen molar-refractivity contribution in [1.29, 1.82) is 0 Å². The third-order valence-electron chi connectivity index (χ3n) is 5.07. The lowest BCUT2D eigenvalue weighted by molar-refractivity contribution is -0.119. The van der Waals surface area contributed by atoms with Gasteiger partial charge in [0, 0.05) is 33.7 Å². The Kier molecular flexibility index (Phi) is 8.42. The van der Waals surface area contributed by atoms with Gasteiger partial charge in [-0.3, -0.25) is 4.79 Å². The minimum atomic E-state index is -4.01. The van der Waals surface area contributed by atoms with Gasteiger partial charge in [0.25, 0.3) is 0 Å². The highest BCUT2D eigenvalue weighted by Crippen LogP contribution is 2.23. The Morgan fingerprint density at radius 1 is 1.21 bits per heavy atom. The topological polar surface area (TPSA) is 73.0 Å². The summed E-state index contributed by atoms with van der Waals surface area (Å²) in [6.07, 6.45) is 2.03. The number of halogens is 1. The van der Waals surface area contributed by atoms with Crippen molar-refractivity contribution in [3.05, 3.63) is 30.1 Å². The highest BCUT2D eigenvalue weighted by Gasteiger charge is 2.29. The number of nitrogens with zero attached hydrogens (tertiary/aromatic N) is 3. The van der Waals surface area contributed by atoms with Crippen LogP contribution in [0.3, 0.4) is 0 Å². The normalized spacial score (nSPS) is 20.6. The van der Waals surface area contributed by atoms with Crippen LogP contribution in [0.5, 0.6) is 0 Å². The standard InChI is InChI=1S/C20H33FN4O3S/c1-16-12-17(2)14-24(13-16)11-7-10-22-20(26)15-25(29(27,28)23(3)4)19-9-6-5-8-18(19)21/h5-6,8-9,16-17H,7,10-15H2,1-4H3,(H,22,26)/t16-,17+. The lowest BCUT2D eigenvalue weighted by Crippen LogP contribution is -2.46. The third kappa shape index (κ3) is 6.65. The Bertz CT molecular complexity index is 778. The van der Waals surface area contributed by atoms with Crippen LogP contribution in [0.4, 0.5) is 10.1 Å². The Morgan fingerprint density at radius 2 is 1.83 bits per heavy atom. The maximum absolute atomic E-state index is 14.2. The van der Waals surface area contributed by atoms with E-state index in [9.17, 15) is 17.6 Å². The van der Waals surface area contributed by atoms with E-state index in [2.05, 4.69) is 24.1 Å². The van der Waals surface area contributed by atoms with Gasteiger partial charge in [-0.2, -0.15) is 12.7 Å². The quantitative estimate of drug-likeness (QED) is 0.610. The predicted octanol–water partition coefficient (Wildman–Crippen LogP) is 1.92. The molecular formula is C20H33FN4O3S. The number of anilines is 1. The lowest BCUT2D eigenvalue weighted by atomic mass is 9.92. The van der Waals surface area contributed by atoms with Gasteiger partial charge in [0.2, 0.25) is 5.91 Å². The monoisotopic (exact) mass is 428 g/mol.